The fourth-order valence-corrected chi connectivity index (χ4v) is 0.747. The molecule has 0 bridgehead atoms. The number of aromatic nitrogens is 1. The predicted octanol–water partition coefficient (Wildman–Crippen LogP) is 2.93. The maximum absolute atomic E-state index is 5.08. The molecule has 0 aliphatic rings. The van der Waals surface area contributed by atoms with Crippen molar-refractivity contribution in [1.29, 1.82) is 0 Å². The van der Waals surface area contributed by atoms with Crippen molar-refractivity contribution in [3.63, 3.8) is 0 Å². The minimum Gasteiger partial charge on any atom is -0.338 e. The summed E-state index contributed by atoms with van der Waals surface area (Å²) in [5, 5.41) is 3.37. The van der Waals surface area contributed by atoms with Crippen LogP contribution in [0.4, 0.5) is 5.88 Å². The Labute approximate surface area is 81.4 Å². The molecule has 0 radical (unpaired) electrons. The molecule has 0 aliphatic heterocycles. The van der Waals surface area contributed by atoms with Crippen LogP contribution in [0.15, 0.2) is 53.2 Å². The third kappa shape index (κ3) is 4.18. The van der Waals surface area contributed by atoms with Crippen LogP contribution in [0, 0.1) is 0 Å². The van der Waals surface area contributed by atoms with Crippen molar-refractivity contribution in [2.45, 2.75) is 0 Å². The minimum atomic E-state index is 0.460. The largest absolute Gasteiger partial charge is 0.338 e. The van der Waals surface area contributed by atoms with Crippen molar-refractivity contribution in [1.82, 2.24) is 5.16 Å². The molecule has 0 saturated heterocycles. The van der Waals surface area contributed by atoms with Gasteiger partial charge in [0.05, 0.1) is 6.20 Å². The molecule has 2 aromatic rings. The molecule has 4 heteroatoms. The standard InChI is InChI=1S/C6H6.C3H3ClN2O/c1-2-4-6-5-3-1;4-6-3-1-2-5-7-3/h1-6H;1-2,6H. The molecule has 1 aromatic carbocycles. The van der Waals surface area contributed by atoms with Crippen LogP contribution >= 0.6 is 11.8 Å². The van der Waals surface area contributed by atoms with Crippen molar-refractivity contribution >= 4 is 17.7 Å². The van der Waals surface area contributed by atoms with E-state index < -0.39 is 0 Å². The highest BCUT2D eigenvalue weighted by atomic mass is 35.5. The van der Waals surface area contributed by atoms with E-state index in [0.29, 0.717) is 5.88 Å². The topological polar surface area (TPSA) is 38.1 Å². The maximum Gasteiger partial charge on any atom is 0.238 e. The van der Waals surface area contributed by atoms with Gasteiger partial charge in [-0.1, -0.05) is 41.6 Å². The Morgan fingerprint density at radius 3 is 1.85 bits per heavy atom. The summed E-state index contributed by atoms with van der Waals surface area (Å²) in [5.41, 5.74) is 0. The highest BCUT2D eigenvalue weighted by Crippen LogP contribution is 2.02. The van der Waals surface area contributed by atoms with Crippen molar-refractivity contribution in [2.75, 3.05) is 4.84 Å². The second-order valence-corrected chi connectivity index (χ2v) is 2.31. The first kappa shape index (κ1) is 9.61. The van der Waals surface area contributed by atoms with E-state index in [1.165, 1.54) is 6.20 Å². The van der Waals surface area contributed by atoms with Crippen LogP contribution in [0.25, 0.3) is 0 Å². The van der Waals surface area contributed by atoms with Gasteiger partial charge in [0, 0.05) is 17.8 Å². The van der Waals surface area contributed by atoms with Crippen LogP contribution in [0.3, 0.4) is 0 Å². The molecule has 0 spiro atoms. The molecule has 1 N–H and O–H groups in total. The lowest BCUT2D eigenvalue weighted by Gasteiger charge is -1.79. The summed E-state index contributed by atoms with van der Waals surface area (Å²) in [5.74, 6) is 0.460. The van der Waals surface area contributed by atoms with Crippen molar-refractivity contribution in [3.8, 4) is 0 Å². The number of halogens is 1. The molecule has 1 heterocycles. The summed E-state index contributed by atoms with van der Waals surface area (Å²) < 4.78 is 4.49. The third-order valence-corrected chi connectivity index (χ3v) is 1.38. The van der Waals surface area contributed by atoms with Gasteiger partial charge in [-0.3, -0.25) is 4.84 Å². The van der Waals surface area contributed by atoms with Crippen molar-refractivity contribution in [2.24, 2.45) is 0 Å². The van der Waals surface area contributed by atoms with Crippen LogP contribution in [0.5, 0.6) is 0 Å². The Morgan fingerprint density at radius 1 is 1.08 bits per heavy atom. The number of hydrogen-bond acceptors (Lipinski definition) is 3. The highest BCUT2D eigenvalue weighted by molar-refractivity contribution is 6.23. The van der Waals surface area contributed by atoms with Crippen LogP contribution in [0.1, 0.15) is 0 Å². The number of nitrogens with zero attached hydrogens (tertiary/aromatic N) is 1. The fraction of sp³-hybridized carbons (Fsp3) is 0. The quantitative estimate of drug-likeness (QED) is 0.713. The molecule has 0 atom stereocenters. The van der Waals surface area contributed by atoms with Crippen LogP contribution in [-0.4, -0.2) is 5.16 Å². The van der Waals surface area contributed by atoms with Gasteiger partial charge in [-0.05, 0) is 0 Å². The Kier molecular flexibility index (Phi) is 4.49. The Morgan fingerprint density at radius 2 is 1.62 bits per heavy atom. The first-order valence-corrected chi connectivity index (χ1v) is 4.08. The van der Waals surface area contributed by atoms with Crippen LogP contribution < -0.4 is 4.84 Å². The molecule has 2 rings (SSSR count). The summed E-state index contributed by atoms with van der Waals surface area (Å²) in [6, 6.07) is 13.6. The first-order chi connectivity index (χ1) is 6.43. The SMILES string of the molecule is ClNc1ccno1.c1ccccc1. The fourth-order valence-electron chi connectivity index (χ4n) is 0.649. The maximum atomic E-state index is 5.08. The number of rotatable bonds is 1. The lowest BCUT2D eigenvalue weighted by molar-refractivity contribution is 0.436. The molecular weight excluding hydrogens is 188 g/mol. The summed E-state index contributed by atoms with van der Waals surface area (Å²) in [6.07, 6.45) is 1.50. The molecule has 68 valence electrons. The van der Waals surface area contributed by atoms with E-state index in [4.69, 9.17) is 11.8 Å². The summed E-state index contributed by atoms with van der Waals surface area (Å²) in [7, 11) is 0. The molecule has 0 fully saturated rings. The second kappa shape index (κ2) is 6.08. The molecule has 13 heavy (non-hydrogen) atoms. The summed E-state index contributed by atoms with van der Waals surface area (Å²) in [6.45, 7) is 0. The lowest BCUT2D eigenvalue weighted by Crippen LogP contribution is -1.70. The number of nitrogens with one attached hydrogen (secondary N) is 1. The summed E-state index contributed by atoms with van der Waals surface area (Å²) in [4.78, 5) is 2.25. The van der Waals surface area contributed by atoms with Gasteiger partial charge in [0.25, 0.3) is 0 Å². The third-order valence-electron chi connectivity index (χ3n) is 1.20. The van der Waals surface area contributed by atoms with Crippen molar-refractivity contribution in [3.05, 3.63) is 48.7 Å². The van der Waals surface area contributed by atoms with E-state index in [0.717, 1.165) is 0 Å². The number of benzene rings is 1. The molecular formula is C9H9ClN2O. The Hall–Kier alpha value is -1.48. The van der Waals surface area contributed by atoms with Gasteiger partial charge in [-0.25, -0.2) is 0 Å². The van der Waals surface area contributed by atoms with Crippen LogP contribution in [0.2, 0.25) is 0 Å². The molecule has 1 aromatic heterocycles. The average molecular weight is 197 g/mol. The monoisotopic (exact) mass is 196 g/mol. The van der Waals surface area contributed by atoms with E-state index in [2.05, 4.69) is 14.5 Å². The Bertz CT molecular complexity index is 270. The van der Waals surface area contributed by atoms with E-state index in [1.54, 1.807) is 6.07 Å². The van der Waals surface area contributed by atoms with Gasteiger partial charge >= 0.3 is 0 Å². The van der Waals surface area contributed by atoms with Crippen LogP contribution in [-0.2, 0) is 0 Å². The van der Waals surface area contributed by atoms with Gasteiger partial charge < -0.3 is 4.52 Å². The smallest absolute Gasteiger partial charge is 0.238 e. The van der Waals surface area contributed by atoms with Crippen molar-refractivity contribution < 1.29 is 4.52 Å². The van der Waals surface area contributed by atoms with Gasteiger partial charge in [-0.15, -0.1) is 0 Å². The molecule has 0 unspecified atom stereocenters. The molecule has 3 nitrogen and oxygen atoms in total. The number of hydrogen-bond donors (Lipinski definition) is 1. The normalized spacial score (nSPS) is 8.38. The molecule has 0 saturated carbocycles. The van der Waals surface area contributed by atoms with E-state index in [9.17, 15) is 0 Å². The van der Waals surface area contributed by atoms with Gasteiger partial charge in [-0.2, -0.15) is 0 Å². The minimum absolute atomic E-state index is 0.460. The predicted molar refractivity (Wildman–Crippen MR) is 52.4 cm³/mol. The van der Waals surface area contributed by atoms with Gasteiger partial charge in [0.1, 0.15) is 0 Å². The Balaban J connectivity index is 0.000000132. The van der Waals surface area contributed by atoms with Gasteiger partial charge in [0.2, 0.25) is 5.88 Å². The van der Waals surface area contributed by atoms with Gasteiger partial charge in [0.15, 0.2) is 0 Å². The number of anilines is 1. The zero-order chi connectivity index (χ0) is 9.36. The average Bonchev–Trinajstić information content (AvgIpc) is 2.74. The van der Waals surface area contributed by atoms with E-state index in [1.807, 2.05) is 36.4 Å². The zero-order valence-electron chi connectivity index (χ0n) is 6.85. The molecule has 0 aliphatic carbocycles. The zero-order valence-corrected chi connectivity index (χ0v) is 7.61. The van der Waals surface area contributed by atoms with E-state index >= 15 is 0 Å². The molecule has 0 amide bonds. The van der Waals surface area contributed by atoms with E-state index in [-0.39, 0.29) is 0 Å². The summed E-state index contributed by atoms with van der Waals surface area (Å²) >= 11 is 5.08. The lowest BCUT2D eigenvalue weighted by atomic mass is 10.4. The first-order valence-electron chi connectivity index (χ1n) is 3.71. The highest BCUT2D eigenvalue weighted by Gasteiger charge is 1.86. The second-order valence-electron chi connectivity index (χ2n) is 2.13.